The molecule has 142 valence electrons. The van der Waals surface area contributed by atoms with Gasteiger partial charge in [0.25, 0.3) is 6.43 Å². The van der Waals surface area contributed by atoms with E-state index >= 15 is 0 Å². The van der Waals surface area contributed by atoms with Crippen LogP contribution in [0.25, 0.3) is 0 Å². The molecule has 0 aromatic carbocycles. The van der Waals surface area contributed by atoms with Crippen molar-refractivity contribution in [3.63, 3.8) is 0 Å². The molecule has 0 aromatic rings. The Bertz CT molecular complexity index is 608. The number of dihydropyridines is 1. The Morgan fingerprint density at radius 1 is 1.12 bits per heavy atom. The van der Waals surface area contributed by atoms with Crippen molar-refractivity contribution in [2.75, 3.05) is 14.2 Å². The number of carbonyl (C=O) groups excluding carboxylic acids is 2. The van der Waals surface area contributed by atoms with E-state index in [1.165, 1.54) is 0 Å². The third kappa shape index (κ3) is 4.49. The van der Waals surface area contributed by atoms with Gasteiger partial charge in [-0.15, -0.1) is 0 Å². The molecule has 0 saturated carbocycles. The maximum atomic E-state index is 13.4. The molecule has 1 aliphatic rings. The minimum Gasteiger partial charge on any atom is -0.466 e. The molecule has 0 saturated heterocycles. The fourth-order valence-electron chi connectivity index (χ4n) is 2.50. The van der Waals surface area contributed by atoms with Crippen molar-refractivity contribution in [3.8, 4) is 0 Å². The fraction of sp³-hybridized carbons (Fsp3) is 0.600. The zero-order valence-corrected chi connectivity index (χ0v) is 14.0. The smallest absolute Gasteiger partial charge is 0.413 e. The Morgan fingerprint density at radius 3 is 2.00 bits per heavy atom. The topological polar surface area (TPSA) is 64.6 Å². The lowest BCUT2D eigenvalue weighted by Crippen LogP contribution is -2.50. The van der Waals surface area contributed by atoms with Crippen LogP contribution in [0.1, 0.15) is 20.3 Å². The molecule has 5 nitrogen and oxygen atoms in total. The van der Waals surface area contributed by atoms with Crippen LogP contribution in [0.2, 0.25) is 0 Å². The lowest BCUT2D eigenvalue weighted by Gasteiger charge is -2.33. The molecular weight excluding hydrogens is 353 g/mol. The van der Waals surface area contributed by atoms with E-state index in [9.17, 15) is 31.5 Å². The van der Waals surface area contributed by atoms with E-state index in [0.29, 0.717) is 0 Å². The van der Waals surface area contributed by atoms with Gasteiger partial charge in [0.05, 0.1) is 31.1 Å². The van der Waals surface area contributed by atoms with Crippen LogP contribution in [0.15, 0.2) is 22.4 Å². The number of methoxy groups -OCH3 is 2. The molecule has 0 radical (unpaired) electrons. The first-order valence-corrected chi connectivity index (χ1v) is 7.21. The van der Waals surface area contributed by atoms with Gasteiger partial charge in [0.2, 0.25) is 0 Å². The molecule has 1 N–H and O–H groups in total. The predicted octanol–water partition coefficient (Wildman–Crippen LogP) is 2.73. The van der Waals surface area contributed by atoms with Crippen molar-refractivity contribution in [2.24, 2.45) is 5.92 Å². The monoisotopic (exact) mass is 371 g/mol. The summed E-state index contributed by atoms with van der Waals surface area (Å²) < 4.78 is 75.5. The van der Waals surface area contributed by atoms with Crippen molar-refractivity contribution in [2.45, 2.75) is 38.9 Å². The number of halogens is 5. The van der Waals surface area contributed by atoms with Gasteiger partial charge in [0.1, 0.15) is 0 Å². The van der Waals surface area contributed by atoms with Crippen LogP contribution in [0.5, 0.6) is 0 Å². The highest BCUT2D eigenvalue weighted by atomic mass is 19.4. The summed E-state index contributed by atoms with van der Waals surface area (Å²) >= 11 is 0. The lowest BCUT2D eigenvalue weighted by molar-refractivity contribution is -0.156. The zero-order valence-electron chi connectivity index (χ0n) is 14.0. The summed E-state index contributed by atoms with van der Waals surface area (Å²) in [5.74, 6) is -2.96. The first-order chi connectivity index (χ1) is 11.4. The van der Waals surface area contributed by atoms with Crippen molar-refractivity contribution in [1.82, 2.24) is 5.32 Å². The van der Waals surface area contributed by atoms with E-state index in [1.54, 1.807) is 19.2 Å². The predicted molar refractivity (Wildman–Crippen MR) is 76.5 cm³/mol. The van der Waals surface area contributed by atoms with E-state index in [0.717, 1.165) is 14.2 Å². The number of allylic oxidation sites excluding steroid dienone is 1. The van der Waals surface area contributed by atoms with Crippen molar-refractivity contribution < 1.29 is 41.0 Å². The molecule has 1 atom stereocenters. The number of carbonyl (C=O) groups is 2. The second-order valence-electron chi connectivity index (χ2n) is 5.68. The van der Waals surface area contributed by atoms with Crippen molar-refractivity contribution >= 4 is 11.9 Å². The van der Waals surface area contributed by atoms with E-state index in [2.05, 4.69) is 9.47 Å². The quantitative estimate of drug-likeness (QED) is 0.595. The van der Waals surface area contributed by atoms with Crippen LogP contribution < -0.4 is 5.32 Å². The van der Waals surface area contributed by atoms with Crippen LogP contribution in [0, 0.1) is 5.92 Å². The highest BCUT2D eigenvalue weighted by molar-refractivity contribution is 6.01. The molecule has 0 spiro atoms. The molecule has 0 aromatic heterocycles. The zero-order chi connectivity index (χ0) is 19.5. The second-order valence-corrected chi connectivity index (χ2v) is 5.68. The fourth-order valence-corrected chi connectivity index (χ4v) is 2.50. The van der Waals surface area contributed by atoms with Gasteiger partial charge >= 0.3 is 18.1 Å². The van der Waals surface area contributed by atoms with Crippen LogP contribution in [-0.4, -0.2) is 44.8 Å². The Labute approximate surface area is 140 Å². The summed E-state index contributed by atoms with van der Waals surface area (Å²) in [7, 11) is 1.76. The first kappa shape index (κ1) is 20.9. The van der Waals surface area contributed by atoms with Gasteiger partial charge < -0.3 is 14.8 Å². The first-order valence-electron chi connectivity index (χ1n) is 7.21. The number of alkyl halides is 5. The van der Waals surface area contributed by atoms with Gasteiger partial charge in [0.15, 0.2) is 6.04 Å². The lowest BCUT2D eigenvalue weighted by atomic mass is 9.84. The van der Waals surface area contributed by atoms with E-state index in [1.807, 2.05) is 0 Å². The van der Waals surface area contributed by atoms with Crippen LogP contribution >= 0.6 is 0 Å². The van der Waals surface area contributed by atoms with Crippen molar-refractivity contribution in [3.05, 3.63) is 22.4 Å². The van der Waals surface area contributed by atoms with E-state index in [4.69, 9.17) is 0 Å². The summed E-state index contributed by atoms with van der Waals surface area (Å²) in [6.07, 6.45) is -8.69. The number of hydrogen-bond donors (Lipinski definition) is 1. The Hall–Kier alpha value is -2.13. The summed E-state index contributed by atoms with van der Waals surface area (Å²) in [6, 6.07) is -2.72. The Morgan fingerprint density at radius 2 is 1.64 bits per heavy atom. The maximum Gasteiger partial charge on any atom is 0.413 e. The van der Waals surface area contributed by atoms with Gasteiger partial charge in [0, 0.05) is 0 Å². The molecule has 1 rings (SSSR count). The molecule has 0 aliphatic carbocycles. The normalized spacial score (nSPS) is 18.6. The number of esters is 2. The highest BCUT2D eigenvalue weighted by Gasteiger charge is 2.51. The molecular formula is C15H18F5NO4. The number of hydrogen-bond acceptors (Lipinski definition) is 5. The molecule has 0 amide bonds. The van der Waals surface area contributed by atoms with Gasteiger partial charge in [-0.05, 0) is 17.9 Å². The molecule has 0 bridgehead atoms. The summed E-state index contributed by atoms with van der Waals surface area (Å²) in [6.45, 7) is 3.20. The molecule has 1 unspecified atom stereocenters. The second kappa shape index (κ2) is 7.83. The third-order valence-corrected chi connectivity index (χ3v) is 3.44. The standard InChI is InChI=1S/C15H18F5NO4/c1-6(2)5-7-8(13(22)24-3)10(12(16)17)21-11(15(18,19)20)9(7)14(23)25-4/h6,11-12,21H,5H2,1-4H3. The molecule has 10 heteroatoms. The van der Waals surface area contributed by atoms with Crippen molar-refractivity contribution in [1.29, 1.82) is 0 Å². The van der Waals surface area contributed by atoms with E-state index in [-0.39, 0.29) is 12.3 Å². The summed E-state index contributed by atoms with van der Waals surface area (Å²) in [5, 5.41) is 1.57. The summed E-state index contributed by atoms with van der Waals surface area (Å²) in [4.78, 5) is 23.9. The number of ether oxygens (including phenoxy) is 2. The molecule has 0 fully saturated rings. The van der Waals surface area contributed by atoms with Gasteiger partial charge in [-0.1, -0.05) is 13.8 Å². The van der Waals surface area contributed by atoms with Gasteiger partial charge in [-0.2, -0.15) is 13.2 Å². The Balaban J connectivity index is 3.82. The Kier molecular flexibility index (Phi) is 6.55. The largest absolute Gasteiger partial charge is 0.466 e. The van der Waals surface area contributed by atoms with Crippen LogP contribution in [0.4, 0.5) is 22.0 Å². The maximum absolute atomic E-state index is 13.4. The van der Waals surface area contributed by atoms with E-state index < -0.39 is 53.0 Å². The SMILES string of the molecule is COC(=O)C1=C(C(F)F)NC(C(F)(F)F)C(C(=O)OC)=C1CC(C)C. The average molecular weight is 371 g/mol. The summed E-state index contributed by atoms with van der Waals surface area (Å²) in [5.41, 5.74) is -3.37. The van der Waals surface area contributed by atoms with Crippen LogP contribution in [-0.2, 0) is 19.1 Å². The van der Waals surface area contributed by atoms with Crippen LogP contribution in [0.3, 0.4) is 0 Å². The van der Waals surface area contributed by atoms with Gasteiger partial charge in [-0.25, -0.2) is 18.4 Å². The minimum atomic E-state index is -5.06. The number of nitrogens with one attached hydrogen (secondary N) is 1. The minimum absolute atomic E-state index is 0.223. The molecule has 1 aliphatic heterocycles. The highest BCUT2D eigenvalue weighted by Crippen LogP contribution is 2.39. The number of rotatable bonds is 5. The average Bonchev–Trinajstić information content (AvgIpc) is 2.50. The van der Waals surface area contributed by atoms with Gasteiger partial charge in [-0.3, -0.25) is 0 Å². The third-order valence-electron chi connectivity index (χ3n) is 3.44. The molecule has 1 heterocycles. The molecule has 25 heavy (non-hydrogen) atoms.